The highest BCUT2D eigenvalue weighted by Crippen LogP contribution is 2.49. The lowest BCUT2D eigenvalue weighted by Gasteiger charge is -2.45. The molecule has 9 aromatic carbocycles. The molecule has 0 aromatic heterocycles. The highest BCUT2D eigenvalue weighted by atomic mass is 28.3. The fraction of sp³-hybridized carbons (Fsp3) is 0.194. The summed E-state index contributed by atoms with van der Waals surface area (Å²) < 4.78 is 45.9. The van der Waals surface area contributed by atoms with Crippen molar-refractivity contribution >= 4 is 86.0 Å². The molecule has 9 aromatic rings. The third-order valence-corrected chi connectivity index (χ3v) is 20.4. The van der Waals surface area contributed by atoms with Crippen molar-refractivity contribution in [1.82, 2.24) is 0 Å². The van der Waals surface area contributed by atoms with Crippen molar-refractivity contribution < 1.29 is 6.85 Å². The second-order valence-electron chi connectivity index (χ2n) is 23.1. The molecule has 0 amide bonds. The van der Waals surface area contributed by atoms with Crippen LogP contribution in [0.15, 0.2) is 200 Å². The van der Waals surface area contributed by atoms with Gasteiger partial charge in [-0.15, -0.1) is 0 Å². The van der Waals surface area contributed by atoms with E-state index in [0.29, 0.717) is 5.56 Å². The largest absolute Gasteiger partial charge is 0.311 e. The molecule has 0 aliphatic carbocycles. The van der Waals surface area contributed by atoms with Crippen LogP contribution in [0.5, 0.6) is 0 Å². The summed E-state index contributed by atoms with van der Waals surface area (Å²) in [5.41, 5.74) is 16.8. The highest BCUT2D eigenvalue weighted by molar-refractivity contribution is 7.22. The van der Waals surface area contributed by atoms with E-state index in [0.717, 1.165) is 56.2 Å². The van der Waals surface area contributed by atoms with Crippen LogP contribution in [0.3, 0.4) is 0 Å². The Bertz CT molecular complexity index is 3790. The smallest absolute Gasteiger partial charge is 0.252 e. The predicted octanol–water partition coefficient (Wildman–Crippen LogP) is 13.0. The number of nitrogens with zero attached hydrogens (tertiary/aromatic N) is 2. The van der Waals surface area contributed by atoms with Gasteiger partial charge in [-0.2, -0.15) is 0 Å². The molecule has 348 valence electrons. The molecule has 0 saturated heterocycles. The zero-order valence-corrected chi connectivity index (χ0v) is 43.6. The molecule has 12 rings (SSSR count). The van der Waals surface area contributed by atoms with E-state index in [-0.39, 0.29) is 52.7 Å². The lowest BCUT2D eigenvalue weighted by molar-refractivity contribution is 0.590. The number of hydrogen-bond donors (Lipinski definition) is 0. The number of aryl methyl sites for hydroxylation is 1. The number of anilines is 6. The van der Waals surface area contributed by atoms with E-state index in [1.807, 2.05) is 0 Å². The number of benzene rings is 9. The zero-order chi connectivity index (χ0) is 53.5. The molecule has 71 heavy (non-hydrogen) atoms. The highest BCUT2D eigenvalue weighted by Gasteiger charge is 2.52. The summed E-state index contributed by atoms with van der Waals surface area (Å²) in [5, 5.41) is 5.33. The topological polar surface area (TPSA) is 6.48 Å². The monoisotopic (exact) mass is 940 g/mol. The van der Waals surface area contributed by atoms with Gasteiger partial charge in [0.25, 0.3) is 6.71 Å². The van der Waals surface area contributed by atoms with Gasteiger partial charge < -0.3 is 9.80 Å². The Kier molecular flexibility index (Phi) is 9.03. The van der Waals surface area contributed by atoms with E-state index in [1.165, 1.54) is 48.5 Å². The quantitative estimate of drug-likeness (QED) is 0.159. The number of rotatable bonds is 5. The van der Waals surface area contributed by atoms with Crippen molar-refractivity contribution in [2.45, 2.75) is 85.5 Å². The first-order valence-electron chi connectivity index (χ1n) is 27.7. The fourth-order valence-electron chi connectivity index (χ4n) is 12.0. The fourth-order valence-corrected chi connectivity index (χ4v) is 17.2. The molecule has 4 heteroatoms. The average Bonchev–Trinajstić information content (AvgIpc) is 3.83. The van der Waals surface area contributed by atoms with Gasteiger partial charge in [0.2, 0.25) is 0 Å². The van der Waals surface area contributed by atoms with Crippen LogP contribution >= 0.6 is 0 Å². The average molecular weight is 940 g/mol. The van der Waals surface area contributed by atoms with Crippen LogP contribution in [-0.2, 0) is 16.2 Å². The van der Waals surface area contributed by atoms with Crippen LogP contribution in [0.4, 0.5) is 34.1 Å². The number of fused-ring (bicyclic) bond motifs is 7. The summed E-state index contributed by atoms with van der Waals surface area (Å²) in [4.78, 5) is 4.85. The minimum Gasteiger partial charge on any atom is -0.311 e. The summed E-state index contributed by atoms with van der Waals surface area (Å²) in [6, 6.07) is 62.1. The van der Waals surface area contributed by atoms with Gasteiger partial charge in [-0.05, 0) is 148 Å². The lowest BCUT2D eigenvalue weighted by atomic mass is 9.33. The first kappa shape index (κ1) is 39.6. The molecule has 0 fully saturated rings. The van der Waals surface area contributed by atoms with Crippen LogP contribution in [-0.4, -0.2) is 14.8 Å². The molecule has 0 unspecified atom stereocenters. The lowest BCUT2D eigenvalue weighted by Crippen LogP contribution is -2.73. The van der Waals surface area contributed by atoms with E-state index < -0.39 is 14.1 Å². The molecule has 3 aliphatic heterocycles. The SMILES string of the molecule is [2H]c1c([2H])c([2H])c(-c2cc(C(C)(C)C)ccc2N2c3cc4c(cc3B3c5cc(C(C)(C)C)ccc5N(c5ccc(C(C)(C)C)cc5)c5cc(C)cc2c53)[Si](c2ccccc2)(c2ccccc2)c2ccccc2-4)c([2H])c1[2H]. The van der Waals surface area contributed by atoms with Gasteiger partial charge in [-0.3, -0.25) is 0 Å². The third-order valence-electron chi connectivity index (χ3n) is 15.5. The van der Waals surface area contributed by atoms with Crippen molar-refractivity contribution in [2.75, 3.05) is 9.80 Å². The first-order valence-corrected chi connectivity index (χ1v) is 27.2. The van der Waals surface area contributed by atoms with E-state index in [9.17, 15) is 2.74 Å². The molecule has 2 nitrogen and oxygen atoms in total. The molecular formula is C67H63BN2Si. The van der Waals surface area contributed by atoms with Gasteiger partial charge >= 0.3 is 0 Å². The van der Waals surface area contributed by atoms with Gasteiger partial charge in [0.1, 0.15) is 0 Å². The molecule has 0 bridgehead atoms. The Labute approximate surface area is 430 Å². The van der Waals surface area contributed by atoms with Crippen LogP contribution < -0.4 is 46.9 Å². The van der Waals surface area contributed by atoms with E-state index in [1.54, 1.807) is 0 Å². The standard InChI is InChI=1S/C67H63BN2Si/c1-44-38-60-64-61(39-44)70(57-36-32-47(66(5,6)7)40-53(57)45-22-14-11-15-23-45)59-42-54-52-28-20-21-29-62(52)71(50-24-16-12-17-25-50,51-26-18-13-19-27-51)63(54)43-56(59)68(64)55-41-48(67(8,9)10)33-37-58(55)69(60)49-34-30-46(31-35-49)65(2,3)4/h11-43H,1-10H3/i11D,14D,15D,22D,23D. The van der Waals surface area contributed by atoms with Crippen molar-refractivity contribution in [1.29, 1.82) is 0 Å². The second-order valence-corrected chi connectivity index (χ2v) is 26.8. The molecular weight excluding hydrogens is 872 g/mol. The third kappa shape index (κ3) is 7.04. The van der Waals surface area contributed by atoms with Crippen molar-refractivity contribution in [2.24, 2.45) is 0 Å². The molecule has 0 saturated carbocycles. The van der Waals surface area contributed by atoms with Crippen LogP contribution in [0.2, 0.25) is 0 Å². The van der Waals surface area contributed by atoms with Gasteiger partial charge in [0, 0.05) is 34.0 Å². The minimum atomic E-state index is -3.01. The van der Waals surface area contributed by atoms with Crippen molar-refractivity contribution in [3.63, 3.8) is 0 Å². The summed E-state index contributed by atoms with van der Waals surface area (Å²) in [5.74, 6) is 0. The van der Waals surface area contributed by atoms with Crippen LogP contribution in [0.1, 0.15) is 91.4 Å². The zero-order valence-electron chi connectivity index (χ0n) is 47.6. The predicted molar refractivity (Wildman–Crippen MR) is 309 cm³/mol. The van der Waals surface area contributed by atoms with Crippen molar-refractivity contribution in [3.8, 4) is 22.3 Å². The summed E-state index contributed by atoms with van der Waals surface area (Å²) in [6.45, 7) is 22.1. The Hall–Kier alpha value is -7.14. The van der Waals surface area contributed by atoms with Gasteiger partial charge in [-0.25, -0.2) is 0 Å². The van der Waals surface area contributed by atoms with Crippen LogP contribution in [0.25, 0.3) is 22.3 Å². The second kappa shape index (κ2) is 16.2. The van der Waals surface area contributed by atoms with Crippen LogP contribution in [0, 0.1) is 6.92 Å². The van der Waals surface area contributed by atoms with E-state index >= 15 is 0 Å². The normalized spacial score (nSPS) is 15.4. The first-order chi connectivity index (χ1) is 36.1. The Morgan fingerprint density at radius 3 is 1.58 bits per heavy atom. The maximum absolute atomic E-state index is 9.56. The molecule has 0 N–H and O–H groups in total. The van der Waals surface area contributed by atoms with Crippen molar-refractivity contribution in [3.05, 3.63) is 222 Å². The molecule has 0 radical (unpaired) electrons. The van der Waals surface area contributed by atoms with Gasteiger partial charge in [0.05, 0.1) is 12.5 Å². The summed E-state index contributed by atoms with van der Waals surface area (Å²) in [6.07, 6.45) is 0. The minimum absolute atomic E-state index is 0.0315. The summed E-state index contributed by atoms with van der Waals surface area (Å²) >= 11 is 0. The Morgan fingerprint density at radius 1 is 0.423 bits per heavy atom. The maximum atomic E-state index is 9.56. The van der Waals surface area contributed by atoms with Gasteiger partial charge in [-0.1, -0.05) is 214 Å². The molecule has 0 spiro atoms. The Balaban J connectivity index is 1.26. The summed E-state index contributed by atoms with van der Waals surface area (Å²) in [7, 11) is -3.01. The molecule has 3 heterocycles. The Morgan fingerprint density at radius 2 is 0.958 bits per heavy atom. The maximum Gasteiger partial charge on any atom is 0.252 e. The van der Waals surface area contributed by atoms with E-state index in [2.05, 4.69) is 249 Å². The van der Waals surface area contributed by atoms with Gasteiger partial charge in [0.15, 0.2) is 8.07 Å². The molecule has 0 atom stereocenters. The van der Waals surface area contributed by atoms with E-state index in [4.69, 9.17) is 4.11 Å². The molecule has 3 aliphatic rings. The number of hydrogen-bond acceptors (Lipinski definition) is 2.